The molecular formula is C22H24ClFN2O3S. The number of carbonyl (C=O) groups excluding carboxylic acids is 1. The first-order valence-corrected chi connectivity index (χ1v) is 12.0. The first-order chi connectivity index (χ1) is 14.4. The quantitative estimate of drug-likeness (QED) is 0.719. The summed E-state index contributed by atoms with van der Waals surface area (Å²) in [6, 6.07) is 12.9. The van der Waals surface area contributed by atoms with Gasteiger partial charge in [0.05, 0.1) is 6.04 Å². The monoisotopic (exact) mass is 450 g/mol. The molecule has 1 unspecified atom stereocenters. The molecule has 160 valence electrons. The van der Waals surface area contributed by atoms with Gasteiger partial charge in [-0.2, -0.15) is 4.31 Å². The molecule has 2 aromatic rings. The fraction of sp³-hybridized carbons (Fsp3) is 0.409. The molecule has 1 saturated carbocycles. The highest BCUT2D eigenvalue weighted by Gasteiger charge is 2.37. The van der Waals surface area contributed by atoms with Crippen molar-refractivity contribution in [2.45, 2.75) is 36.6 Å². The van der Waals surface area contributed by atoms with Gasteiger partial charge in [-0.15, -0.1) is 0 Å². The van der Waals surface area contributed by atoms with Gasteiger partial charge in [0.1, 0.15) is 10.7 Å². The predicted molar refractivity (Wildman–Crippen MR) is 113 cm³/mol. The Hall–Kier alpha value is -1.96. The topological polar surface area (TPSA) is 66.5 Å². The van der Waals surface area contributed by atoms with E-state index >= 15 is 0 Å². The number of amides is 1. The van der Waals surface area contributed by atoms with Crippen LogP contribution in [0.4, 0.5) is 4.39 Å². The lowest BCUT2D eigenvalue weighted by atomic mass is 9.95. The van der Waals surface area contributed by atoms with E-state index in [0.29, 0.717) is 23.8 Å². The average molecular weight is 451 g/mol. The summed E-state index contributed by atoms with van der Waals surface area (Å²) in [7, 11) is -3.90. The zero-order valence-corrected chi connectivity index (χ0v) is 18.0. The van der Waals surface area contributed by atoms with E-state index in [2.05, 4.69) is 5.32 Å². The van der Waals surface area contributed by atoms with Crippen LogP contribution in [0.25, 0.3) is 0 Å². The largest absolute Gasteiger partial charge is 0.349 e. The summed E-state index contributed by atoms with van der Waals surface area (Å²) >= 11 is 5.98. The summed E-state index contributed by atoms with van der Waals surface area (Å²) in [6.45, 7) is 0.396. The molecule has 1 saturated heterocycles. The second kappa shape index (κ2) is 8.65. The van der Waals surface area contributed by atoms with E-state index in [1.807, 2.05) is 24.3 Å². The summed E-state index contributed by atoms with van der Waals surface area (Å²) in [5.41, 5.74) is 1.04. The van der Waals surface area contributed by atoms with Crippen LogP contribution in [-0.2, 0) is 14.8 Å². The number of nitrogens with zero attached hydrogens (tertiary/aromatic N) is 1. The minimum absolute atomic E-state index is 0.0463. The van der Waals surface area contributed by atoms with Crippen LogP contribution in [-0.4, -0.2) is 31.7 Å². The molecule has 1 N–H and O–H groups in total. The van der Waals surface area contributed by atoms with Crippen molar-refractivity contribution in [2.24, 2.45) is 11.8 Å². The Labute approximate surface area is 181 Å². The molecule has 30 heavy (non-hydrogen) atoms. The van der Waals surface area contributed by atoms with Gasteiger partial charge in [0, 0.05) is 24.0 Å². The third-order valence-corrected chi connectivity index (χ3v) is 8.08. The van der Waals surface area contributed by atoms with Gasteiger partial charge in [0.2, 0.25) is 15.9 Å². The van der Waals surface area contributed by atoms with Crippen LogP contribution in [0.5, 0.6) is 0 Å². The Morgan fingerprint density at radius 3 is 2.27 bits per heavy atom. The molecule has 2 aromatic carbocycles. The van der Waals surface area contributed by atoms with E-state index in [4.69, 9.17) is 11.6 Å². The second-order valence-electron chi connectivity index (χ2n) is 7.98. The van der Waals surface area contributed by atoms with E-state index in [0.717, 1.165) is 24.5 Å². The van der Waals surface area contributed by atoms with E-state index in [-0.39, 0.29) is 35.9 Å². The molecule has 1 amide bonds. The molecule has 0 radical (unpaired) electrons. The molecule has 5 nitrogen and oxygen atoms in total. The van der Waals surface area contributed by atoms with Crippen LogP contribution >= 0.6 is 11.6 Å². The van der Waals surface area contributed by atoms with E-state index in [1.165, 1.54) is 22.5 Å². The van der Waals surface area contributed by atoms with Gasteiger partial charge in [-0.1, -0.05) is 35.9 Å². The highest BCUT2D eigenvalue weighted by Crippen LogP contribution is 2.41. The van der Waals surface area contributed by atoms with Crippen LogP contribution in [0.15, 0.2) is 53.4 Å². The van der Waals surface area contributed by atoms with Gasteiger partial charge in [-0.3, -0.25) is 4.79 Å². The number of carbonyl (C=O) groups is 1. The standard InChI is InChI=1S/C22H24ClFN2O3S/c23-18-9-7-16(8-10-18)21(15-5-6-15)25-22(27)17-11-13-26(14-12-17)30(28,29)20-4-2-1-3-19(20)24/h1-4,7-10,15,17,21H,5-6,11-14H2,(H,25,27). The number of piperidine rings is 1. The van der Waals surface area contributed by atoms with Crippen molar-refractivity contribution in [1.82, 2.24) is 9.62 Å². The number of rotatable bonds is 6. The van der Waals surface area contributed by atoms with Crippen LogP contribution in [0.2, 0.25) is 5.02 Å². The Morgan fingerprint density at radius 2 is 1.67 bits per heavy atom. The van der Waals surface area contributed by atoms with Crippen molar-refractivity contribution in [2.75, 3.05) is 13.1 Å². The van der Waals surface area contributed by atoms with Crippen LogP contribution in [0, 0.1) is 17.7 Å². The lowest BCUT2D eigenvalue weighted by Gasteiger charge is -2.31. The third kappa shape index (κ3) is 4.53. The Kier molecular flexibility index (Phi) is 6.14. The van der Waals surface area contributed by atoms with Crippen LogP contribution in [0.1, 0.15) is 37.3 Å². The zero-order chi connectivity index (χ0) is 21.3. The fourth-order valence-corrected chi connectivity index (χ4v) is 5.66. The van der Waals surface area contributed by atoms with Crippen molar-refractivity contribution in [3.8, 4) is 0 Å². The molecule has 0 aromatic heterocycles. The van der Waals surface area contributed by atoms with Crippen molar-refractivity contribution < 1.29 is 17.6 Å². The van der Waals surface area contributed by atoms with Gasteiger partial charge in [-0.05, 0) is 61.4 Å². The number of hydrogen-bond acceptors (Lipinski definition) is 3. The maximum absolute atomic E-state index is 14.0. The van der Waals surface area contributed by atoms with Crippen LogP contribution in [0.3, 0.4) is 0 Å². The number of nitrogens with one attached hydrogen (secondary N) is 1. The summed E-state index contributed by atoms with van der Waals surface area (Å²) in [6.07, 6.45) is 2.98. The van der Waals surface area contributed by atoms with Crippen LogP contribution < -0.4 is 5.32 Å². The first kappa shape index (κ1) is 21.3. The molecular weight excluding hydrogens is 427 g/mol. The van der Waals surface area contributed by atoms with E-state index in [9.17, 15) is 17.6 Å². The molecule has 0 spiro atoms. The molecule has 1 heterocycles. The van der Waals surface area contributed by atoms with E-state index < -0.39 is 15.8 Å². The average Bonchev–Trinajstić information content (AvgIpc) is 3.58. The lowest BCUT2D eigenvalue weighted by Crippen LogP contribution is -2.44. The van der Waals surface area contributed by atoms with Crippen molar-refractivity contribution in [3.05, 3.63) is 64.9 Å². The second-order valence-corrected chi connectivity index (χ2v) is 10.3. The van der Waals surface area contributed by atoms with Gasteiger partial charge < -0.3 is 5.32 Å². The summed E-state index contributed by atoms with van der Waals surface area (Å²) in [5, 5.41) is 3.82. The predicted octanol–water partition coefficient (Wildman–Crippen LogP) is 4.15. The molecule has 0 bridgehead atoms. The lowest BCUT2D eigenvalue weighted by molar-refractivity contribution is -0.127. The normalized spacial score (nSPS) is 19.4. The maximum atomic E-state index is 14.0. The van der Waals surface area contributed by atoms with E-state index in [1.54, 1.807) is 0 Å². The summed E-state index contributed by atoms with van der Waals surface area (Å²) < 4.78 is 40.7. The summed E-state index contributed by atoms with van der Waals surface area (Å²) in [4.78, 5) is 12.6. The Morgan fingerprint density at radius 1 is 1.03 bits per heavy atom. The highest BCUT2D eigenvalue weighted by atomic mass is 35.5. The fourth-order valence-electron chi connectivity index (χ4n) is 4.00. The maximum Gasteiger partial charge on any atom is 0.245 e. The number of hydrogen-bond donors (Lipinski definition) is 1. The zero-order valence-electron chi connectivity index (χ0n) is 16.4. The summed E-state index contributed by atoms with van der Waals surface area (Å²) in [5.74, 6) is -0.639. The highest BCUT2D eigenvalue weighted by molar-refractivity contribution is 7.89. The SMILES string of the molecule is O=C(NC(c1ccc(Cl)cc1)C1CC1)C1CCN(S(=O)(=O)c2ccccc2F)CC1. The number of sulfonamides is 1. The first-order valence-electron chi connectivity index (χ1n) is 10.2. The van der Waals surface area contributed by atoms with Gasteiger partial charge >= 0.3 is 0 Å². The molecule has 2 fully saturated rings. The minimum atomic E-state index is -3.90. The van der Waals surface area contributed by atoms with Gasteiger partial charge in [0.15, 0.2) is 0 Å². The third-order valence-electron chi connectivity index (χ3n) is 5.90. The Bertz CT molecular complexity index is 1020. The molecule has 4 rings (SSSR count). The molecule has 2 aliphatic rings. The van der Waals surface area contributed by atoms with Gasteiger partial charge in [-0.25, -0.2) is 12.8 Å². The Balaban J connectivity index is 1.39. The number of halogens is 2. The van der Waals surface area contributed by atoms with Crippen molar-refractivity contribution in [3.63, 3.8) is 0 Å². The smallest absolute Gasteiger partial charge is 0.245 e. The van der Waals surface area contributed by atoms with Crippen molar-refractivity contribution in [1.29, 1.82) is 0 Å². The van der Waals surface area contributed by atoms with Crippen molar-refractivity contribution >= 4 is 27.5 Å². The minimum Gasteiger partial charge on any atom is -0.349 e. The molecule has 1 atom stereocenters. The molecule has 8 heteroatoms. The molecule has 1 aliphatic carbocycles. The number of benzene rings is 2. The molecule has 1 aliphatic heterocycles. The van der Waals surface area contributed by atoms with Gasteiger partial charge in [0.25, 0.3) is 0 Å².